The molecule has 0 radical (unpaired) electrons. The highest BCUT2D eigenvalue weighted by Crippen LogP contribution is 2.09. The molecular weight excluding hydrogens is 192 g/mol. The van der Waals surface area contributed by atoms with Gasteiger partial charge in [0.05, 0.1) is 6.10 Å². The van der Waals surface area contributed by atoms with E-state index < -0.39 is 0 Å². The molecule has 1 saturated heterocycles. The number of aliphatic hydroxyl groups excluding tert-OH is 1. The molecule has 88 valence electrons. The quantitative estimate of drug-likeness (QED) is 0.650. The molecular formula is C11H22N2O2. The van der Waals surface area contributed by atoms with Gasteiger partial charge in [-0.2, -0.15) is 0 Å². The monoisotopic (exact) mass is 214 g/mol. The van der Waals surface area contributed by atoms with Gasteiger partial charge in [0.1, 0.15) is 0 Å². The Morgan fingerprint density at radius 3 is 2.67 bits per heavy atom. The van der Waals surface area contributed by atoms with Crippen LogP contribution in [0.15, 0.2) is 0 Å². The number of carbonyl (C=O) groups is 1. The molecule has 4 heteroatoms. The number of carbonyl (C=O) groups excluding carboxylic acids is 1. The first-order valence-electron chi connectivity index (χ1n) is 5.86. The third-order valence-corrected chi connectivity index (χ3v) is 2.66. The molecule has 1 fully saturated rings. The molecule has 1 rings (SSSR count). The molecule has 0 aromatic rings. The maximum atomic E-state index is 11.7. The van der Waals surface area contributed by atoms with E-state index in [1.165, 1.54) is 6.42 Å². The lowest BCUT2D eigenvalue weighted by atomic mass is 10.1. The molecule has 0 bridgehead atoms. The molecule has 1 aliphatic heterocycles. The minimum atomic E-state index is -0.338. The van der Waals surface area contributed by atoms with E-state index >= 15 is 0 Å². The van der Waals surface area contributed by atoms with Gasteiger partial charge in [0.25, 0.3) is 0 Å². The van der Waals surface area contributed by atoms with Crippen LogP contribution in [0.4, 0.5) is 0 Å². The second kappa shape index (κ2) is 6.80. The average molecular weight is 214 g/mol. The van der Waals surface area contributed by atoms with Gasteiger partial charge in [-0.15, -0.1) is 0 Å². The molecule has 4 nitrogen and oxygen atoms in total. The number of aliphatic hydroxyl groups is 1. The van der Waals surface area contributed by atoms with Gasteiger partial charge in [0, 0.05) is 32.6 Å². The fourth-order valence-corrected chi connectivity index (χ4v) is 1.81. The number of piperidine rings is 1. The van der Waals surface area contributed by atoms with Crippen LogP contribution in [0.5, 0.6) is 0 Å². The molecule has 1 amide bonds. The lowest BCUT2D eigenvalue weighted by Gasteiger charge is -2.26. The molecule has 1 unspecified atom stereocenters. The second-order valence-corrected chi connectivity index (χ2v) is 4.24. The molecule has 1 aliphatic rings. The second-order valence-electron chi connectivity index (χ2n) is 4.24. The summed E-state index contributed by atoms with van der Waals surface area (Å²) >= 11 is 0. The molecule has 1 atom stereocenters. The van der Waals surface area contributed by atoms with Crippen molar-refractivity contribution in [3.05, 3.63) is 0 Å². The van der Waals surface area contributed by atoms with Gasteiger partial charge in [0.2, 0.25) is 5.91 Å². The molecule has 0 aromatic carbocycles. The number of hydrogen-bond donors (Lipinski definition) is 2. The summed E-state index contributed by atoms with van der Waals surface area (Å²) in [5.41, 5.74) is 0. The van der Waals surface area contributed by atoms with E-state index in [4.69, 9.17) is 5.11 Å². The van der Waals surface area contributed by atoms with Gasteiger partial charge in [-0.3, -0.25) is 4.79 Å². The van der Waals surface area contributed by atoms with Crippen molar-refractivity contribution >= 4 is 5.91 Å². The topological polar surface area (TPSA) is 52.6 Å². The van der Waals surface area contributed by atoms with Crippen molar-refractivity contribution in [2.75, 3.05) is 26.2 Å². The van der Waals surface area contributed by atoms with Crippen LogP contribution in [0.25, 0.3) is 0 Å². The van der Waals surface area contributed by atoms with Crippen molar-refractivity contribution in [2.24, 2.45) is 0 Å². The number of likely N-dealkylation sites (tertiary alicyclic amines) is 1. The zero-order valence-electron chi connectivity index (χ0n) is 9.54. The first kappa shape index (κ1) is 12.5. The molecule has 0 spiro atoms. The van der Waals surface area contributed by atoms with Gasteiger partial charge in [0.15, 0.2) is 0 Å². The Morgan fingerprint density at radius 1 is 1.40 bits per heavy atom. The van der Waals surface area contributed by atoms with E-state index in [9.17, 15) is 4.79 Å². The fourth-order valence-electron chi connectivity index (χ4n) is 1.81. The minimum absolute atomic E-state index is 0.243. The highest BCUT2D eigenvalue weighted by molar-refractivity contribution is 5.76. The van der Waals surface area contributed by atoms with Crippen molar-refractivity contribution in [1.29, 1.82) is 0 Å². The van der Waals surface area contributed by atoms with E-state index in [2.05, 4.69) is 5.32 Å². The van der Waals surface area contributed by atoms with Crippen LogP contribution in [0.1, 0.15) is 32.6 Å². The third kappa shape index (κ3) is 5.14. The maximum Gasteiger partial charge on any atom is 0.223 e. The molecule has 0 aliphatic carbocycles. The smallest absolute Gasteiger partial charge is 0.223 e. The summed E-state index contributed by atoms with van der Waals surface area (Å²) in [4.78, 5) is 13.6. The lowest BCUT2D eigenvalue weighted by molar-refractivity contribution is -0.132. The Kier molecular flexibility index (Phi) is 5.65. The summed E-state index contributed by atoms with van der Waals surface area (Å²) in [6, 6.07) is 0. The first-order valence-corrected chi connectivity index (χ1v) is 5.86. The Hall–Kier alpha value is -0.610. The number of amides is 1. The fraction of sp³-hybridized carbons (Fsp3) is 0.909. The molecule has 0 saturated carbocycles. The van der Waals surface area contributed by atoms with E-state index in [-0.39, 0.29) is 12.0 Å². The number of hydrogen-bond acceptors (Lipinski definition) is 3. The van der Waals surface area contributed by atoms with Gasteiger partial charge in [-0.1, -0.05) is 0 Å². The van der Waals surface area contributed by atoms with Crippen LogP contribution >= 0.6 is 0 Å². The summed E-state index contributed by atoms with van der Waals surface area (Å²) in [6.07, 6.45) is 3.76. The third-order valence-electron chi connectivity index (χ3n) is 2.66. The zero-order valence-corrected chi connectivity index (χ0v) is 9.54. The Morgan fingerprint density at radius 2 is 2.07 bits per heavy atom. The average Bonchev–Trinajstić information content (AvgIpc) is 2.25. The summed E-state index contributed by atoms with van der Waals surface area (Å²) < 4.78 is 0. The largest absolute Gasteiger partial charge is 0.392 e. The lowest BCUT2D eigenvalue weighted by Crippen LogP contribution is -2.37. The van der Waals surface area contributed by atoms with Crippen LogP contribution in [-0.4, -0.2) is 48.2 Å². The molecule has 2 N–H and O–H groups in total. The summed E-state index contributed by atoms with van der Waals surface area (Å²) in [5, 5.41) is 12.1. The Labute approximate surface area is 91.6 Å². The van der Waals surface area contributed by atoms with E-state index in [1.807, 2.05) is 4.90 Å². The molecule has 15 heavy (non-hydrogen) atoms. The van der Waals surface area contributed by atoms with Crippen LogP contribution in [-0.2, 0) is 4.79 Å². The van der Waals surface area contributed by atoms with Crippen molar-refractivity contribution in [3.63, 3.8) is 0 Å². The van der Waals surface area contributed by atoms with E-state index in [0.717, 1.165) is 25.9 Å². The van der Waals surface area contributed by atoms with Gasteiger partial charge in [-0.05, 0) is 26.2 Å². The van der Waals surface area contributed by atoms with E-state index in [0.29, 0.717) is 19.5 Å². The number of rotatable bonds is 5. The highest BCUT2D eigenvalue weighted by atomic mass is 16.3. The maximum absolute atomic E-state index is 11.7. The van der Waals surface area contributed by atoms with Crippen molar-refractivity contribution in [1.82, 2.24) is 10.2 Å². The summed E-state index contributed by atoms with van der Waals surface area (Å²) in [7, 11) is 0. The zero-order chi connectivity index (χ0) is 11.1. The standard InChI is InChI=1S/C11H22N2O2/c1-10(14)9-12-6-5-11(15)13-7-3-2-4-8-13/h10,12,14H,2-9H2,1H3. The number of nitrogens with one attached hydrogen (secondary N) is 1. The minimum Gasteiger partial charge on any atom is -0.392 e. The first-order chi connectivity index (χ1) is 7.20. The molecule has 0 aromatic heterocycles. The SMILES string of the molecule is CC(O)CNCCC(=O)N1CCCCC1. The van der Waals surface area contributed by atoms with Crippen LogP contribution in [0.3, 0.4) is 0 Å². The predicted octanol–water partition coefficient (Wildman–Crippen LogP) is 0.359. The van der Waals surface area contributed by atoms with Gasteiger partial charge >= 0.3 is 0 Å². The van der Waals surface area contributed by atoms with Gasteiger partial charge in [-0.25, -0.2) is 0 Å². The van der Waals surface area contributed by atoms with Crippen LogP contribution in [0.2, 0.25) is 0 Å². The Bertz CT molecular complexity index is 189. The Balaban J connectivity index is 2.07. The number of nitrogens with zero attached hydrogens (tertiary/aromatic N) is 1. The van der Waals surface area contributed by atoms with Crippen LogP contribution in [0, 0.1) is 0 Å². The van der Waals surface area contributed by atoms with Crippen LogP contribution < -0.4 is 5.32 Å². The van der Waals surface area contributed by atoms with Crippen molar-refractivity contribution in [2.45, 2.75) is 38.7 Å². The predicted molar refractivity (Wildman–Crippen MR) is 59.6 cm³/mol. The highest BCUT2D eigenvalue weighted by Gasteiger charge is 2.15. The normalized spacial score (nSPS) is 18.9. The summed E-state index contributed by atoms with van der Waals surface area (Å²) in [6.45, 7) is 4.82. The van der Waals surface area contributed by atoms with Crippen molar-refractivity contribution < 1.29 is 9.90 Å². The molecule has 1 heterocycles. The summed E-state index contributed by atoms with van der Waals surface area (Å²) in [5.74, 6) is 0.243. The van der Waals surface area contributed by atoms with Gasteiger partial charge < -0.3 is 15.3 Å². The van der Waals surface area contributed by atoms with Crippen molar-refractivity contribution in [3.8, 4) is 0 Å². The van der Waals surface area contributed by atoms with E-state index in [1.54, 1.807) is 6.92 Å².